The van der Waals surface area contributed by atoms with E-state index in [0.717, 1.165) is 5.75 Å². The summed E-state index contributed by atoms with van der Waals surface area (Å²) in [5, 5.41) is 0. The van der Waals surface area contributed by atoms with E-state index in [1.165, 1.54) is 0 Å². The Kier molecular flexibility index (Phi) is 5.26. The van der Waals surface area contributed by atoms with Crippen molar-refractivity contribution in [2.45, 2.75) is 26.0 Å². The van der Waals surface area contributed by atoms with Gasteiger partial charge in [-0.3, -0.25) is 4.79 Å². The van der Waals surface area contributed by atoms with Crippen molar-refractivity contribution in [1.29, 1.82) is 0 Å². The van der Waals surface area contributed by atoms with E-state index in [2.05, 4.69) is 0 Å². The highest BCUT2D eigenvalue weighted by Gasteiger charge is 2.27. The van der Waals surface area contributed by atoms with Crippen molar-refractivity contribution >= 4 is 17.5 Å². The third-order valence-corrected chi connectivity index (χ3v) is 3.50. The van der Waals surface area contributed by atoms with Gasteiger partial charge < -0.3 is 14.4 Å². The molecule has 0 N–H and O–H groups in total. The number of rotatable bonds is 4. The van der Waals surface area contributed by atoms with Crippen LogP contribution in [0.15, 0.2) is 24.3 Å². The minimum Gasteiger partial charge on any atom is -0.491 e. The molecule has 0 saturated carbocycles. The summed E-state index contributed by atoms with van der Waals surface area (Å²) in [5.41, 5.74) is 0.651. The van der Waals surface area contributed by atoms with Gasteiger partial charge in [0.05, 0.1) is 25.4 Å². The van der Waals surface area contributed by atoms with Gasteiger partial charge in [0.15, 0.2) is 0 Å². The molecule has 0 radical (unpaired) electrons. The predicted molar refractivity (Wildman–Crippen MR) is 78.6 cm³/mol. The van der Waals surface area contributed by atoms with Crippen molar-refractivity contribution in [2.24, 2.45) is 0 Å². The number of nitrogens with zero attached hydrogens (tertiary/aromatic N) is 1. The van der Waals surface area contributed by atoms with Crippen LogP contribution in [0.2, 0.25) is 0 Å². The van der Waals surface area contributed by atoms with E-state index >= 15 is 0 Å². The van der Waals surface area contributed by atoms with E-state index in [1.54, 1.807) is 17.0 Å². The number of hydrogen-bond donors (Lipinski definition) is 0. The van der Waals surface area contributed by atoms with Crippen molar-refractivity contribution in [3.8, 4) is 5.75 Å². The number of benzene rings is 1. The number of carbonyl (C=O) groups excluding carboxylic acids is 1. The average molecular weight is 298 g/mol. The monoisotopic (exact) mass is 297 g/mol. The molecule has 1 heterocycles. The average Bonchev–Trinajstić information content (AvgIpc) is 2.46. The van der Waals surface area contributed by atoms with E-state index in [9.17, 15) is 4.79 Å². The third kappa shape index (κ3) is 3.64. The van der Waals surface area contributed by atoms with Crippen LogP contribution in [0.3, 0.4) is 0 Å². The minimum atomic E-state index is -0.0514. The normalized spacial score (nSPS) is 19.2. The summed E-state index contributed by atoms with van der Waals surface area (Å²) < 4.78 is 10.9. The molecular formula is C15H20ClNO3. The smallest absolute Gasteiger partial charge is 0.254 e. The van der Waals surface area contributed by atoms with E-state index in [4.69, 9.17) is 21.1 Å². The summed E-state index contributed by atoms with van der Waals surface area (Å²) in [6.45, 7) is 5.59. The van der Waals surface area contributed by atoms with Crippen LogP contribution in [0.1, 0.15) is 24.2 Å². The number of halogens is 1. The highest BCUT2D eigenvalue weighted by molar-refractivity contribution is 6.18. The lowest BCUT2D eigenvalue weighted by Gasteiger charge is -2.34. The Hall–Kier alpha value is -1.26. The number of ether oxygens (including phenoxy) is 2. The van der Waals surface area contributed by atoms with Gasteiger partial charge in [0.25, 0.3) is 5.91 Å². The second-order valence-electron chi connectivity index (χ2n) is 5.07. The summed E-state index contributed by atoms with van der Waals surface area (Å²) in [4.78, 5) is 14.3. The first-order chi connectivity index (χ1) is 9.61. The quantitative estimate of drug-likeness (QED) is 0.802. The summed E-state index contributed by atoms with van der Waals surface area (Å²) in [5.74, 6) is 1.16. The molecule has 1 saturated heterocycles. The minimum absolute atomic E-state index is 0.00459. The van der Waals surface area contributed by atoms with E-state index < -0.39 is 0 Å². The molecule has 1 aromatic carbocycles. The van der Waals surface area contributed by atoms with Gasteiger partial charge in [-0.25, -0.2) is 0 Å². The Morgan fingerprint density at radius 3 is 2.75 bits per heavy atom. The highest BCUT2D eigenvalue weighted by Crippen LogP contribution is 2.18. The van der Waals surface area contributed by atoms with Gasteiger partial charge in [-0.05, 0) is 38.1 Å². The first-order valence-electron chi connectivity index (χ1n) is 6.83. The second kappa shape index (κ2) is 6.95. The number of amides is 1. The molecule has 1 atom stereocenters. The third-order valence-electron chi connectivity index (χ3n) is 3.14. The topological polar surface area (TPSA) is 38.8 Å². The number of alkyl halides is 1. The fourth-order valence-corrected chi connectivity index (χ4v) is 2.42. The maximum absolute atomic E-state index is 12.5. The Labute approximate surface area is 124 Å². The lowest BCUT2D eigenvalue weighted by atomic mass is 10.1. The lowest BCUT2D eigenvalue weighted by molar-refractivity contribution is 0.00456. The molecule has 20 heavy (non-hydrogen) atoms. The molecule has 0 aromatic heterocycles. The summed E-state index contributed by atoms with van der Waals surface area (Å²) in [7, 11) is 0. The van der Waals surface area contributed by atoms with E-state index in [1.807, 2.05) is 26.0 Å². The van der Waals surface area contributed by atoms with Crippen LogP contribution in [0.5, 0.6) is 5.75 Å². The first kappa shape index (κ1) is 15.1. The van der Waals surface area contributed by atoms with Crippen LogP contribution >= 0.6 is 11.6 Å². The number of morpholine rings is 1. The van der Waals surface area contributed by atoms with Crippen LogP contribution in [-0.2, 0) is 4.74 Å². The van der Waals surface area contributed by atoms with E-state index in [0.29, 0.717) is 31.2 Å². The molecule has 1 fully saturated rings. The summed E-state index contributed by atoms with van der Waals surface area (Å²) in [6, 6.07) is 7.18. The fraction of sp³-hybridized carbons (Fsp3) is 0.533. The molecule has 1 aromatic rings. The van der Waals surface area contributed by atoms with Gasteiger partial charge in [0.1, 0.15) is 5.75 Å². The Bertz CT molecular complexity index is 447. The number of hydrogen-bond acceptors (Lipinski definition) is 3. The van der Waals surface area contributed by atoms with Crippen LogP contribution in [0.25, 0.3) is 0 Å². The zero-order valence-electron chi connectivity index (χ0n) is 11.8. The standard InChI is InChI=1S/C15H20ClNO3/c1-11(2)20-14-5-3-12(4-6-14)15(18)17-7-8-19-10-13(17)9-16/h3-6,11,13H,7-10H2,1-2H3. The van der Waals surface area contributed by atoms with Crippen molar-refractivity contribution < 1.29 is 14.3 Å². The molecule has 5 heteroatoms. The molecule has 0 bridgehead atoms. The molecule has 1 aliphatic heterocycles. The maximum Gasteiger partial charge on any atom is 0.254 e. The van der Waals surface area contributed by atoms with Gasteiger partial charge in [-0.2, -0.15) is 0 Å². The van der Waals surface area contributed by atoms with Crippen molar-refractivity contribution in [2.75, 3.05) is 25.6 Å². The molecule has 0 aliphatic carbocycles. The van der Waals surface area contributed by atoms with Crippen molar-refractivity contribution in [3.05, 3.63) is 29.8 Å². The molecule has 1 aliphatic rings. The highest BCUT2D eigenvalue weighted by atomic mass is 35.5. The predicted octanol–water partition coefficient (Wildman–Crippen LogP) is 2.55. The molecule has 1 unspecified atom stereocenters. The summed E-state index contributed by atoms with van der Waals surface area (Å²) in [6.07, 6.45) is 0.122. The molecule has 1 amide bonds. The van der Waals surface area contributed by atoms with Gasteiger partial charge in [0.2, 0.25) is 0 Å². The zero-order valence-corrected chi connectivity index (χ0v) is 12.6. The van der Waals surface area contributed by atoms with Gasteiger partial charge in [-0.1, -0.05) is 0 Å². The molecule has 4 nitrogen and oxygen atoms in total. The number of carbonyl (C=O) groups is 1. The molecular weight excluding hydrogens is 278 g/mol. The lowest BCUT2D eigenvalue weighted by Crippen LogP contribution is -2.49. The fourth-order valence-electron chi connectivity index (χ4n) is 2.16. The molecule has 2 rings (SSSR count). The SMILES string of the molecule is CC(C)Oc1ccc(C(=O)N2CCOCC2CCl)cc1. The largest absolute Gasteiger partial charge is 0.491 e. The van der Waals surface area contributed by atoms with Crippen LogP contribution in [-0.4, -0.2) is 48.6 Å². The Balaban J connectivity index is 2.08. The first-order valence-corrected chi connectivity index (χ1v) is 7.36. The van der Waals surface area contributed by atoms with Crippen LogP contribution in [0.4, 0.5) is 0 Å². The van der Waals surface area contributed by atoms with Crippen LogP contribution < -0.4 is 4.74 Å². The molecule has 0 spiro atoms. The van der Waals surface area contributed by atoms with Crippen molar-refractivity contribution in [1.82, 2.24) is 4.90 Å². The van der Waals surface area contributed by atoms with Gasteiger partial charge >= 0.3 is 0 Å². The maximum atomic E-state index is 12.5. The van der Waals surface area contributed by atoms with Crippen LogP contribution in [0, 0.1) is 0 Å². The summed E-state index contributed by atoms with van der Waals surface area (Å²) >= 11 is 5.90. The van der Waals surface area contributed by atoms with Crippen molar-refractivity contribution in [3.63, 3.8) is 0 Å². The Morgan fingerprint density at radius 1 is 1.45 bits per heavy atom. The van der Waals surface area contributed by atoms with Gasteiger partial charge in [0, 0.05) is 18.0 Å². The van der Waals surface area contributed by atoms with Gasteiger partial charge in [-0.15, -0.1) is 11.6 Å². The molecule has 110 valence electrons. The van der Waals surface area contributed by atoms with E-state index in [-0.39, 0.29) is 18.1 Å². The Morgan fingerprint density at radius 2 is 2.15 bits per heavy atom. The zero-order chi connectivity index (χ0) is 14.5. The second-order valence-corrected chi connectivity index (χ2v) is 5.38.